The average Bonchev–Trinajstić information content (AvgIpc) is 2.48. The summed E-state index contributed by atoms with van der Waals surface area (Å²) in [5.41, 5.74) is 0.495. The number of carbonyl (C=O) groups is 2. The average molecular weight is 332 g/mol. The lowest BCUT2D eigenvalue weighted by atomic mass is 10.1. The molecule has 0 saturated carbocycles. The van der Waals surface area contributed by atoms with Gasteiger partial charge in [-0.05, 0) is 31.0 Å². The second-order valence-electron chi connectivity index (χ2n) is 4.83. The number of ether oxygens (including phenoxy) is 1. The highest BCUT2D eigenvalue weighted by molar-refractivity contribution is 6.42. The number of hydrogen-bond donors (Lipinski definition) is 1. The van der Waals surface area contributed by atoms with E-state index in [9.17, 15) is 9.59 Å². The molecule has 21 heavy (non-hydrogen) atoms. The van der Waals surface area contributed by atoms with Crippen molar-refractivity contribution in [3.63, 3.8) is 0 Å². The van der Waals surface area contributed by atoms with Crippen LogP contribution in [0.15, 0.2) is 18.2 Å². The number of benzene rings is 1. The Morgan fingerprint density at radius 2 is 1.90 bits per heavy atom. The van der Waals surface area contributed by atoms with Crippen molar-refractivity contribution in [3.8, 4) is 0 Å². The highest BCUT2D eigenvalue weighted by Gasteiger charge is 2.24. The molecule has 1 N–H and O–H groups in total. The SMILES string of the molecule is O=C(O)COC1CCN(C(=O)c2ccc(Cl)c(Cl)c2)CC1. The van der Waals surface area contributed by atoms with Gasteiger partial charge in [0.2, 0.25) is 0 Å². The molecule has 0 aliphatic carbocycles. The van der Waals surface area contributed by atoms with Crippen molar-refractivity contribution < 1.29 is 19.4 Å². The normalized spacial score (nSPS) is 16.0. The summed E-state index contributed by atoms with van der Waals surface area (Å²) in [5.74, 6) is -1.09. The molecular formula is C14H15Cl2NO4. The molecule has 114 valence electrons. The molecule has 1 aliphatic rings. The minimum absolute atomic E-state index is 0.106. The molecule has 1 saturated heterocycles. The van der Waals surface area contributed by atoms with Gasteiger partial charge < -0.3 is 14.7 Å². The summed E-state index contributed by atoms with van der Waals surface area (Å²) in [5, 5.41) is 9.33. The minimum atomic E-state index is -0.982. The number of likely N-dealkylation sites (tertiary alicyclic amines) is 1. The molecule has 5 nitrogen and oxygen atoms in total. The molecule has 1 heterocycles. The summed E-state index contributed by atoms with van der Waals surface area (Å²) in [6, 6.07) is 4.79. The van der Waals surface area contributed by atoms with Gasteiger partial charge >= 0.3 is 5.97 Å². The van der Waals surface area contributed by atoms with Crippen molar-refractivity contribution in [1.29, 1.82) is 0 Å². The van der Waals surface area contributed by atoms with Gasteiger partial charge in [0.05, 0.1) is 16.1 Å². The second-order valence-corrected chi connectivity index (χ2v) is 5.64. The highest BCUT2D eigenvalue weighted by Crippen LogP contribution is 2.24. The zero-order valence-corrected chi connectivity index (χ0v) is 12.7. The van der Waals surface area contributed by atoms with Gasteiger partial charge in [-0.1, -0.05) is 23.2 Å². The molecule has 0 atom stereocenters. The van der Waals surface area contributed by atoms with E-state index in [4.69, 9.17) is 33.0 Å². The third kappa shape index (κ3) is 4.33. The zero-order valence-electron chi connectivity index (χ0n) is 11.2. The predicted octanol–water partition coefficient (Wildman–Crippen LogP) is 2.70. The Morgan fingerprint density at radius 3 is 2.48 bits per heavy atom. The molecule has 7 heteroatoms. The first-order chi connectivity index (χ1) is 9.97. The fourth-order valence-electron chi connectivity index (χ4n) is 2.23. The first-order valence-electron chi connectivity index (χ1n) is 6.55. The fraction of sp³-hybridized carbons (Fsp3) is 0.429. The van der Waals surface area contributed by atoms with Crippen LogP contribution in [0.2, 0.25) is 10.0 Å². The summed E-state index contributed by atoms with van der Waals surface area (Å²) in [6.07, 6.45) is 1.14. The standard InChI is InChI=1S/C14H15Cl2NO4/c15-11-2-1-9(7-12(11)16)14(20)17-5-3-10(4-6-17)21-8-13(18)19/h1-2,7,10H,3-6,8H2,(H,18,19). The number of amides is 1. The quantitative estimate of drug-likeness (QED) is 0.921. The van der Waals surface area contributed by atoms with Gasteiger partial charge in [-0.2, -0.15) is 0 Å². The maximum absolute atomic E-state index is 12.3. The van der Waals surface area contributed by atoms with E-state index in [0.717, 1.165) is 0 Å². The molecule has 1 aromatic rings. The number of hydrogen-bond acceptors (Lipinski definition) is 3. The van der Waals surface area contributed by atoms with Crippen LogP contribution in [0.25, 0.3) is 0 Å². The molecule has 0 radical (unpaired) electrons. The predicted molar refractivity (Wildman–Crippen MR) is 79.0 cm³/mol. The maximum atomic E-state index is 12.3. The Hall–Kier alpha value is -1.30. The van der Waals surface area contributed by atoms with Gasteiger partial charge in [0, 0.05) is 18.7 Å². The minimum Gasteiger partial charge on any atom is -0.480 e. The van der Waals surface area contributed by atoms with Gasteiger partial charge in [0.15, 0.2) is 0 Å². The van der Waals surface area contributed by atoms with Crippen LogP contribution >= 0.6 is 23.2 Å². The van der Waals surface area contributed by atoms with Gasteiger partial charge in [0.1, 0.15) is 6.61 Å². The van der Waals surface area contributed by atoms with Crippen LogP contribution in [-0.2, 0) is 9.53 Å². The molecule has 2 rings (SSSR count). The summed E-state index contributed by atoms with van der Waals surface area (Å²) in [6.45, 7) is 0.762. The van der Waals surface area contributed by atoms with Gasteiger partial charge in [-0.15, -0.1) is 0 Å². The smallest absolute Gasteiger partial charge is 0.329 e. The fourth-order valence-corrected chi connectivity index (χ4v) is 2.52. The molecule has 1 aliphatic heterocycles. The van der Waals surface area contributed by atoms with Gasteiger partial charge in [0.25, 0.3) is 5.91 Å². The number of piperidine rings is 1. The van der Waals surface area contributed by atoms with Crippen LogP contribution in [0.1, 0.15) is 23.2 Å². The van der Waals surface area contributed by atoms with E-state index in [1.165, 1.54) is 0 Å². The number of aliphatic carboxylic acids is 1. The van der Waals surface area contributed by atoms with Crippen molar-refractivity contribution in [1.82, 2.24) is 4.90 Å². The molecule has 1 aromatic carbocycles. The van der Waals surface area contributed by atoms with E-state index < -0.39 is 5.97 Å². The molecule has 1 fully saturated rings. The first kappa shape index (κ1) is 16.1. The van der Waals surface area contributed by atoms with Crippen LogP contribution in [0.3, 0.4) is 0 Å². The van der Waals surface area contributed by atoms with Gasteiger partial charge in [-0.25, -0.2) is 4.79 Å². The Labute approximate surface area is 132 Å². The zero-order chi connectivity index (χ0) is 15.4. The Kier molecular flexibility index (Phi) is 5.45. The molecule has 0 unspecified atom stereocenters. The first-order valence-corrected chi connectivity index (χ1v) is 7.30. The molecule has 0 bridgehead atoms. The third-order valence-electron chi connectivity index (χ3n) is 3.34. The van der Waals surface area contributed by atoms with E-state index >= 15 is 0 Å². The third-order valence-corrected chi connectivity index (χ3v) is 4.08. The van der Waals surface area contributed by atoms with E-state index in [2.05, 4.69) is 0 Å². The highest BCUT2D eigenvalue weighted by atomic mass is 35.5. The summed E-state index contributed by atoms with van der Waals surface area (Å²) in [7, 11) is 0. The lowest BCUT2D eigenvalue weighted by Crippen LogP contribution is -2.41. The number of rotatable bonds is 4. The van der Waals surface area contributed by atoms with Crippen molar-refractivity contribution in [2.24, 2.45) is 0 Å². The lowest BCUT2D eigenvalue weighted by Gasteiger charge is -2.31. The molecular weight excluding hydrogens is 317 g/mol. The second kappa shape index (κ2) is 7.11. The van der Waals surface area contributed by atoms with Crippen LogP contribution in [0.4, 0.5) is 0 Å². The monoisotopic (exact) mass is 331 g/mol. The van der Waals surface area contributed by atoms with Crippen molar-refractivity contribution in [2.45, 2.75) is 18.9 Å². The number of carboxylic acid groups (broad SMARTS) is 1. The van der Waals surface area contributed by atoms with Crippen molar-refractivity contribution in [2.75, 3.05) is 19.7 Å². The van der Waals surface area contributed by atoms with Crippen molar-refractivity contribution in [3.05, 3.63) is 33.8 Å². The van der Waals surface area contributed by atoms with Gasteiger partial charge in [-0.3, -0.25) is 4.79 Å². The van der Waals surface area contributed by atoms with Crippen LogP contribution in [0.5, 0.6) is 0 Å². The number of carboxylic acids is 1. The van der Waals surface area contributed by atoms with E-state index in [-0.39, 0.29) is 18.6 Å². The molecule has 0 spiro atoms. The molecule has 1 amide bonds. The summed E-state index contributed by atoms with van der Waals surface area (Å²) >= 11 is 11.7. The van der Waals surface area contributed by atoms with Crippen molar-refractivity contribution >= 4 is 35.1 Å². The summed E-state index contributed by atoms with van der Waals surface area (Å²) < 4.78 is 5.24. The number of nitrogens with zero attached hydrogens (tertiary/aromatic N) is 1. The Balaban J connectivity index is 1.90. The van der Waals surface area contributed by atoms with Crippen LogP contribution in [0, 0.1) is 0 Å². The van der Waals surface area contributed by atoms with E-state index in [1.807, 2.05) is 0 Å². The Morgan fingerprint density at radius 1 is 1.24 bits per heavy atom. The van der Waals surface area contributed by atoms with E-state index in [1.54, 1.807) is 23.1 Å². The molecule has 0 aromatic heterocycles. The topological polar surface area (TPSA) is 66.8 Å². The lowest BCUT2D eigenvalue weighted by molar-refractivity contribution is -0.145. The number of carbonyl (C=O) groups excluding carboxylic acids is 1. The largest absolute Gasteiger partial charge is 0.480 e. The summed E-state index contributed by atoms with van der Waals surface area (Å²) in [4.78, 5) is 24.5. The van der Waals surface area contributed by atoms with Crippen LogP contribution in [-0.4, -0.2) is 47.7 Å². The number of halogens is 2. The van der Waals surface area contributed by atoms with E-state index in [0.29, 0.717) is 41.5 Å². The van der Waals surface area contributed by atoms with Crippen LogP contribution < -0.4 is 0 Å². The maximum Gasteiger partial charge on any atom is 0.329 e. The Bertz CT molecular complexity index is 542.